The van der Waals surface area contributed by atoms with Crippen LogP contribution in [0.3, 0.4) is 0 Å². The molecule has 0 radical (unpaired) electrons. The van der Waals surface area contributed by atoms with E-state index in [1.807, 2.05) is 25.1 Å². The number of nitrogens with two attached hydrogens (primary N) is 1. The first-order valence-corrected chi connectivity index (χ1v) is 5.84. The number of unbranched alkanes of at least 4 members (excludes halogenated alkanes) is 3. The second-order valence-corrected chi connectivity index (χ2v) is 4.03. The zero-order valence-electron chi connectivity index (χ0n) is 9.91. The van der Waals surface area contributed by atoms with E-state index in [2.05, 4.69) is 0 Å². The Kier molecular flexibility index (Phi) is 5.72. The van der Waals surface area contributed by atoms with Crippen LogP contribution < -0.4 is 10.5 Å². The van der Waals surface area contributed by atoms with Crippen LogP contribution in [0.25, 0.3) is 0 Å². The summed E-state index contributed by atoms with van der Waals surface area (Å²) < 4.78 is 5.61. The number of hydrogen-bond donors (Lipinski definition) is 2. The minimum Gasteiger partial charge on any atom is -0.491 e. The maximum Gasteiger partial charge on any atom is 0.142 e. The van der Waals surface area contributed by atoms with E-state index in [4.69, 9.17) is 15.6 Å². The van der Waals surface area contributed by atoms with Crippen molar-refractivity contribution in [2.24, 2.45) is 0 Å². The van der Waals surface area contributed by atoms with E-state index < -0.39 is 0 Å². The number of aliphatic hydroxyl groups is 1. The van der Waals surface area contributed by atoms with Crippen LogP contribution in [0.2, 0.25) is 0 Å². The lowest BCUT2D eigenvalue weighted by atomic mass is 10.2. The minimum atomic E-state index is 0.283. The summed E-state index contributed by atoms with van der Waals surface area (Å²) in [6.45, 7) is 3.00. The molecule has 90 valence electrons. The molecule has 1 aromatic rings. The van der Waals surface area contributed by atoms with Gasteiger partial charge in [0, 0.05) is 6.61 Å². The molecule has 3 N–H and O–H groups in total. The Labute approximate surface area is 97.2 Å². The third-order valence-electron chi connectivity index (χ3n) is 2.48. The molecule has 0 aromatic heterocycles. The predicted molar refractivity (Wildman–Crippen MR) is 66.6 cm³/mol. The Hall–Kier alpha value is -1.22. The van der Waals surface area contributed by atoms with Crippen LogP contribution in [0.15, 0.2) is 18.2 Å². The normalized spacial score (nSPS) is 10.4. The number of benzene rings is 1. The zero-order valence-corrected chi connectivity index (χ0v) is 9.91. The zero-order chi connectivity index (χ0) is 11.8. The van der Waals surface area contributed by atoms with Crippen molar-refractivity contribution in [1.29, 1.82) is 0 Å². The number of nitrogen functional groups attached to an aromatic ring is 1. The average molecular weight is 223 g/mol. The molecule has 1 aromatic carbocycles. The maximum atomic E-state index is 8.62. The van der Waals surface area contributed by atoms with E-state index in [-0.39, 0.29) is 6.61 Å². The molecule has 0 fully saturated rings. The Bertz CT molecular complexity index is 313. The van der Waals surface area contributed by atoms with Gasteiger partial charge in [-0.3, -0.25) is 0 Å². The van der Waals surface area contributed by atoms with Gasteiger partial charge in [0.2, 0.25) is 0 Å². The van der Waals surface area contributed by atoms with Gasteiger partial charge in [0.25, 0.3) is 0 Å². The molecule has 0 heterocycles. The van der Waals surface area contributed by atoms with Crippen LogP contribution in [-0.2, 0) is 0 Å². The van der Waals surface area contributed by atoms with E-state index >= 15 is 0 Å². The van der Waals surface area contributed by atoms with Crippen molar-refractivity contribution < 1.29 is 9.84 Å². The largest absolute Gasteiger partial charge is 0.491 e. The fraction of sp³-hybridized carbons (Fsp3) is 0.538. The number of hydrogen-bond acceptors (Lipinski definition) is 3. The predicted octanol–water partition coefficient (Wildman–Crippen LogP) is 2.51. The molecule has 1 rings (SSSR count). The number of aliphatic hydroxyl groups excluding tert-OH is 1. The molecule has 0 unspecified atom stereocenters. The smallest absolute Gasteiger partial charge is 0.142 e. The third-order valence-corrected chi connectivity index (χ3v) is 2.48. The SMILES string of the molecule is Cc1ccc(N)c(OCCCCCCO)c1. The molecule has 0 aliphatic rings. The molecule has 0 saturated heterocycles. The number of aryl methyl sites for hydroxylation is 1. The monoisotopic (exact) mass is 223 g/mol. The van der Waals surface area contributed by atoms with Crippen molar-refractivity contribution in [2.45, 2.75) is 32.6 Å². The van der Waals surface area contributed by atoms with Gasteiger partial charge in [-0.1, -0.05) is 12.5 Å². The first-order chi connectivity index (χ1) is 7.74. The van der Waals surface area contributed by atoms with Crippen molar-refractivity contribution >= 4 is 5.69 Å². The number of ether oxygens (including phenoxy) is 1. The van der Waals surface area contributed by atoms with Gasteiger partial charge in [-0.2, -0.15) is 0 Å². The Morgan fingerprint density at radius 1 is 1.19 bits per heavy atom. The molecule has 0 bridgehead atoms. The number of rotatable bonds is 7. The van der Waals surface area contributed by atoms with Crippen LogP contribution in [0.1, 0.15) is 31.2 Å². The first-order valence-electron chi connectivity index (χ1n) is 5.84. The average Bonchev–Trinajstić information content (AvgIpc) is 2.28. The molecule has 0 amide bonds. The van der Waals surface area contributed by atoms with Gasteiger partial charge < -0.3 is 15.6 Å². The van der Waals surface area contributed by atoms with Crippen LogP contribution in [0, 0.1) is 6.92 Å². The quantitative estimate of drug-likeness (QED) is 0.551. The summed E-state index contributed by atoms with van der Waals surface area (Å²) in [7, 11) is 0. The summed E-state index contributed by atoms with van der Waals surface area (Å²) >= 11 is 0. The molecule has 3 nitrogen and oxygen atoms in total. The van der Waals surface area contributed by atoms with Crippen LogP contribution in [0.5, 0.6) is 5.75 Å². The Balaban J connectivity index is 2.23. The van der Waals surface area contributed by atoms with Gasteiger partial charge in [-0.15, -0.1) is 0 Å². The van der Waals surface area contributed by atoms with E-state index in [1.165, 1.54) is 0 Å². The standard InChI is InChI=1S/C13H21NO2/c1-11-6-7-12(14)13(10-11)16-9-5-3-2-4-8-15/h6-7,10,15H,2-5,8-9,14H2,1H3. The van der Waals surface area contributed by atoms with Crippen LogP contribution in [-0.4, -0.2) is 18.3 Å². The highest BCUT2D eigenvalue weighted by Gasteiger charge is 1.99. The van der Waals surface area contributed by atoms with Crippen molar-refractivity contribution in [3.63, 3.8) is 0 Å². The van der Waals surface area contributed by atoms with Gasteiger partial charge in [-0.05, 0) is 43.9 Å². The molecule has 0 aliphatic heterocycles. The van der Waals surface area contributed by atoms with E-state index in [0.29, 0.717) is 12.3 Å². The molecular formula is C13H21NO2. The second kappa shape index (κ2) is 7.12. The third kappa shape index (κ3) is 4.53. The summed E-state index contributed by atoms with van der Waals surface area (Å²) in [6.07, 6.45) is 4.04. The number of anilines is 1. The summed E-state index contributed by atoms with van der Waals surface area (Å²) in [5.74, 6) is 0.780. The first kappa shape index (κ1) is 12.8. The molecular weight excluding hydrogens is 202 g/mol. The van der Waals surface area contributed by atoms with Gasteiger partial charge in [-0.25, -0.2) is 0 Å². The summed E-state index contributed by atoms with van der Waals surface area (Å²) in [5.41, 5.74) is 7.65. The van der Waals surface area contributed by atoms with Gasteiger partial charge >= 0.3 is 0 Å². The molecule has 16 heavy (non-hydrogen) atoms. The molecule has 0 saturated carbocycles. The van der Waals surface area contributed by atoms with Gasteiger partial charge in [0.15, 0.2) is 0 Å². The molecule has 0 spiro atoms. The van der Waals surface area contributed by atoms with Gasteiger partial charge in [0.05, 0.1) is 12.3 Å². The highest BCUT2D eigenvalue weighted by molar-refractivity contribution is 5.53. The molecule has 0 atom stereocenters. The van der Waals surface area contributed by atoms with Crippen molar-refractivity contribution in [3.05, 3.63) is 23.8 Å². The lowest BCUT2D eigenvalue weighted by molar-refractivity contribution is 0.274. The lowest BCUT2D eigenvalue weighted by Crippen LogP contribution is -2.00. The van der Waals surface area contributed by atoms with E-state index in [9.17, 15) is 0 Å². The van der Waals surface area contributed by atoms with Crippen molar-refractivity contribution in [1.82, 2.24) is 0 Å². The highest BCUT2D eigenvalue weighted by atomic mass is 16.5. The van der Waals surface area contributed by atoms with E-state index in [0.717, 1.165) is 37.0 Å². The summed E-state index contributed by atoms with van der Waals surface area (Å²) in [5, 5.41) is 8.62. The fourth-order valence-corrected chi connectivity index (χ4v) is 1.52. The second-order valence-electron chi connectivity index (χ2n) is 4.03. The Morgan fingerprint density at radius 2 is 1.94 bits per heavy atom. The molecule has 3 heteroatoms. The lowest BCUT2D eigenvalue weighted by Gasteiger charge is -2.09. The van der Waals surface area contributed by atoms with E-state index in [1.54, 1.807) is 0 Å². The fourth-order valence-electron chi connectivity index (χ4n) is 1.52. The topological polar surface area (TPSA) is 55.5 Å². The maximum absolute atomic E-state index is 8.62. The van der Waals surface area contributed by atoms with Crippen molar-refractivity contribution in [3.8, 4) is 5.75 Å². The van der Waals surface area contributed by atoms with Crippen molar-refractivity contribution in [2.75, 3.05) is 18.9 Å². The summed E-state index contributed by atoms with van der Waals surface area (Å²) in [6, 6.07) is 5.81. The van der Waals surface area contributed by atoms with Gasteiger partial charge in [0.1, 0.15) is 5.75 Å². The molecule has 0 aliphatic carbocycles. The minimum absolute atomic E-state index is 0.283. The Morgan fingerprint density at radius 3 is 2.69 bits per heavy atom. The summed E-state index contributed by atoms with van der Waals surface area (Å²) in [4.78, 5) is 0. The van der Waals surface area contributed by atoms with Crippen LogP contribution >= 0.6 is 0 Å². The van der Waals surface area contributed by atoms with Crippen LogP contribution in [0.4, 0.5) is 5.69 Å². The highest BCUT2D eigenvalue weighted by Crippen LogP contribution is 2.22.